The Morgan fingerprint density at radius 3 is 2.95 bits per heavy atom. The fraction of sp³-hybridized carbons (Fsp3) is 0.600. The first-order chi connectivity index (χ1) is 9.19. The minimum Gasteiger partial charge on any atom is -0.366 e. The van der Waals surface area contributed by atoms with Crippen LogP contribution in [-0.2, 0) is 0 Å². The van der Waals surface area contributed by atoms with Crippen molar-refractivity contribution in [2.24, 2.45) is 0 Å². The molecular formula is C15H20BrClN2. The number of hydrogen-bond donors (Lipinski definition) is 0. The summed E-state index contributed by atoms with van der Waals surface area (Å²) in [7, 11) is 0. The molecule has 104 valence electrons. The van der Waals surface area contributed by atoms with Gasteiger partial charge in [0.2, 0.25) is 0 Å². The summed E-state index contributed by atoms with van der Waals surface area (Å²) in [6, 6.07) is 7.70. The highest BCUT2D eigenvalue weighted by Gasteiger charge is 2.35. The first-order valence-corrected chi connectivity index (χ1v) is 8.32. The normalized spacial score (nSPS) is 27.6. The van der Waals surface area contributed by atoms with E-state index in [4.69, 9.17) is 11.6 Å². The maximum atomic E-state index is 6.25. The molecule has 0 aliphatic carbocycles. The predicted octanol–water partition coefficient (Wildman–Crippen LogP) is 4.17. The number of halogens is 2. The molecule has 0 radical (unpaired) electrons. The molecular weight excluding hydrogens is 324 g/mol. The van der Waals surface area contributed by atoms with Gasteiger partial charge in [0, 0.05) is 35.3 Å². The van der Waals surface area contributed by atoms with Gasteiger partial charge in [-0.05, 0) is 59.9 Å². The Hall–Kier alpha value is -0.250. The van der Waals surface area contributed by atoms with Gasteiger partial charge in [0.05, 0.1) is 5.02 Å². The van der Waals surface area contributed by atoms with Crippen LogP contribution in [0.5, 0.6) is 0 Å². The van der Waals surface area contributed by atoms with E-state index in [1.807, 2.05) is 0 Å². The van der Waals surface area contributed by atoms with Crippen molar-refractivity contribution in [1.29, 1.82) is 0 Å². The van der Waals surface area contributed by atoms with Crippen molar-refractivity contribution in [3.8, 4) is 0 Å². The second-order valence-corrected chi connectivity index (χ2v) is 6.87. The molecule has 0 N–H and O–H groups in total. The summed E-state index contributed by atoms with van der Waals surface area (Å²) in [6.07, 6.45) is 3.89. The lowest BCUT2D eigenvalue weighted by atomic mass is 10.0. The monoisotopic (exact) mass is 342 g/mol. The van der Waals surface area contributed by atoms with Crippen LogP contribution in [0.2, 0.25) is 5.02 Å². The molecule has 0 bridgehead atoms. The molecule has 2 unspecified atom stereocenters. The zero-order chi connectivity index (χ0) is 13.4. The lowest BCUT2D eigenvalue weighted by molar-refractivity contribution is 0.195. The highest BCUT2D eigenvalue weighted by atomic mass is 79.9. The smallest absolute Gasteiger partial charge is 0.0568 e. The minimum absolute atomic E-state index is 0.617. The first kappa shape index (κ1) is 13.7. The van der Waals surface area contributed by atoms with Gasteiger partial charge < -0.3 is 4.90 Å². The van der Waals surface area contributed by atoms with E-state index in [2.05, 4.69) is 50.9 Å². The van der Waals surface area contributed by atoms with Crippen molar-refractivity contribution in [1.82, 2.24) is 4.90 Å². The lowest BCUT2D eigenvalue weighted by Gasteiger charge is -2.45. The van der Waals surface area contributed by atoms with Crippen molar-refractivity contribution in [2.45, 2.75) is 38.3 Å². The maximum Gasteiger partial charge on any atom is 0.0568 e. The van der Waals surface area contributed by atoms with Gasteiger partial charge in [-0.1, -0.05) is 18.5 Å². The molecule has 2 saturated heterocycles. The van der Waals surface area contributed by atoms with Crippen molar-refractivity contribution in [3.63, 3.8) is 0 Å². The topological polar surface area (TPSA) is 6.48 Å². The molecule has 3 rings (SSSR count). The summed E-state index contributed by atoms with van der Waals surface area (Å²) in [4.78, 5) is 5.23. The number of piperazine rings is 1. The van der Waals surface area contributed by atoms with Crippen molar-refractivity contribution in [2.75, 3.05) is 24.5 Å². The Kier molecular flexibility index (Phi) is 4.06. The van der Waals surface area contributed by atoms with Gasteiger partial charge in [-0.15, -0.1) is 0 Å². The van der Waals surface area contributed by atoms with E-state index in [0.717, 1.165) is 22.1 Å². The molecule has 1 aromatic rings. The zero-order valence-electron chi connectivity index (χ0n) is 11.3. The van der Waals surface area contributed by atoms with Gasteiger partial charge in [-0.25, -0.2) is 0 Å². The van der Waals surface area contributed by atoms with Crippen LogP contribution in [0, 0.1) is 0 Å². The Bertz CT molecular complexity index is 465. The second kappa shape index (κ2) is 5.63. The van der Waals surface area contributed by atoms with Crippen LogP contribution in [-0.4, -0.2) is 36.6 Å². The predicted molar refractivity (Wildman–Crippen MR) is 85.2 cm³/mol. The van der Waals surface area contributed by atoms with E-state index >= 15 is 0 Å². The van der Waals surface area contributed by atoms with Crippen LogP contribution in [0.25, 0.3) is 0 Å². The quantitative estimate of drug-likeness (QED) is 0.795. The lowest BCUT2D eigenvalue weighted by Crippen LogP contribution is -2.56. The molecule has 1 aromatic carbocycles. The van der Waals surface area contributed by atoms with Gasteiger partial charge in [-0.3, -0.25) is 4.90 Å². The summed E-state index contributed by atoms with van der Waals surface area (Å²) in [6.45, 7) is 5.93. The molecule has 0 saturated carbocycles. The van der Waals surface area contributed by atoms with Gasteiger partial charge in [0.1, 0.15) is 0 Å². The summed E-state index contributed by atoms with van der Waals surface area (Å²) in [5.74, 6) is 0. The number of anilines is 1. The van der Waals surface area contributed by atoms with Crippen molar-refractivity contribution < 1.29 is 0 Å². The Balaban J connectivity index is 1.86. The van der Waals surface area contributed by atoms with Crippen LogP contribution in [0.3, 0.4) is 0 Å². The highest BCUT2D eigenvalue weighted by molar-refractivity contribution is 9.10. The zero-order valence-corrected chi connectivity index (χ0v) is 13.6. The third-order valence-electron chi connectivity index (χ3n) is 4.50. The molecule has 4 heteroatoms. The fourth-order valence-electron chi connectivity index (χ4n) is 3.42. The van der Waals surface area contributed by atoms with Gasteiger partial charge in [0.25, 0.3) is 0 Å². The van der Waals surface area contributed by atoms with Crippen molar-refractivity contribution in [3.05, 3.63) is 27.7 Å². The average molecular weight is 344 g/mol. The number of rotatable bonds is 2. The molecule has 2 fully saturated rings. The Morgan fingerprint density at radius 2 is 2.21 bits per heavy atom. The third kappa shape index (κ3) is 2.65. The van der Waals surface area contributed by atoms with E-state index in [-0.39, 0.29) is 0 Å². The number of fused-ring (bicyclic) bond motifs is 1. The second-order valence-electron chi connectivity index (χ2n) is 5.60. The molecule has 2 aliphatic rings. The first-order valence-electron chi connectivity index (χ1n) is 7.14. The summed E-state index contributed by atoms with van der Waals surface area (Å²) in [5, 5.41) is 0.807. The van der Waals surface area contributed by atoms with Gasteiger partial charge >= 0.3 is 0 Å². The fourth-order valence-corrected chi connectivity index (χ4v) is 3.84. The number of hydrogen-bond acceptors (Lipinski definition) is 2. The average Bonchev–Trinajstić information content (AvgIpc) is 2.87. The van der Waals surface area contributed by atoms with Crippen molar-refractivity contribution >= 4 is 33.2 Å². The summed E-state index contributed by atoms with van der Waals surface area (Å²) >= 11 is 9.72. The van der Waals surface area contributed by atoms with Crippen LogP contribution < -0.4 is 4.90 Å². The molecule has 2 heterocycles. The SMILES string of the molecule is CCC1CN2CCCC2CN1c1ccc(Br)c(Cl)c1. The molecule has 2 atom stereocenters. The Morgan fingerprint density at radius 1 is 1.37 bits per heavy atom. The molecule has 2 aliphatic heterocycles. The molecule has 0 spiro atoms. The minimum atomic E-state index is 0.617. The van der Waals surface area contributed by atoms with Gasteiger partial charge in [-0.2, -0.15) is 0 Å². The molecule has 19 heavy (non-hydrogen) atoms. The largest absolute Gasteiger partial charge is 0.366 e. The number of benzene rings is 1. The maximum absolute atomic E-state index is 6.25. The molecule has 2 nitrogen and oxygen atoms in total. The molecule has 0 amide bonds. The van der Waals surface area contributed by atoms with Crippen LogP contribution in [0.1, 0.15) is 26.2 Å². The Labute approximate surface area is 128 Å². The van der Waals surface area contributed by atoms with E-state index in [1.54, 1.807) is 0 Å². The van der Waals surface area contributed by atoms with E-state index in [0.29, 0.717) is 6.04 Å². The summed E-state index contributed by atoms with van der Waals surface area (Å²) < 4.78 is 0.977. The van der Waals surface area contributed by atoms with Crippen LogP contribution >= 0.6 is 27.5 Å². The van der Waals surface area contributed by atoms with E-state index in [9.17, 15) is 0 Å². The van der Waals surface area contributed by atoms with E-state index < -0.39 is 0 Å². The van der Waals surface area contributed by atoms with Crippen LogP contribution in [0.15, 0.2) is 22.7 Å². The highest BCUT2D eigenvalue weighted by Crippen LogP contribution is 2.33. The number of nitrogens with zero attached hydrogens (tertiary/aromatic N) is 2. The van der Waals surface area contributed by atoms with Crippen LogP contribution in [0.4, 0.5) is 5.69 Å². The molecule has 0 aromatic heterocycles. The third-order valence-corrected chi connectivity index (χ3v) is 5.73. The van der Waals surface area contributed by atoms with E-state index in [1.165, 1.54) is 38.0 Å². The van der Waals surface area contributed by atoms with Gasteiger partial charge in [0.15, 0.2) is 0 Å². The standard InChI is InChI=1S/C15H20BrClN2/c1-2-11-9-18-7-3-4-13(18)10-19(11)12-5-6-14(16)15(17)8-12/h5-6,8,11,13H,2-4,7,9-10H2,1H3. The summed E-state index contributed by atoms with van der Waals surface area (Å²) in [5.41, 5.74) is 1.27.